The van der Waals surface area contributed by atoms with Gasteiger partial charge in [0.2, 0.25) is 5.91 Å². The van der Waals surface area contributed by atoms with E-state index in [1.807, 2.05) is 18.7 Å². The van der Waals surface area contributed by atoms with Gasteiger partial charge in [-0.25, -0.2) is 0 Å². The zero-order chi connectivity index (χ0) is 14.5. The van der Waals surface area contributed by atoms with E-state index in [1.165, 1.54) is 0 Å². The molecule has 0 aromatic rings. The van der Waals surface area contributed by atoms with E-state index >= 15 is 0 Å². The van der Waals surface area contributed by atoms with Gasteiger partial charge in [-0.15, -0.1) is 0 Å². The Morgan fingerprint density at radius 1 is 1.42 bits per heavy atom. The number of hydrogen-bond donors (Lipinski definition) is 2. The molecule has 110 valence electrons. The third-order valence-corrected chi connectivity index (χ3v) is 4.17. The van der Waals surface area contributed by atoms with E-state index in [-0.39, 0.29) is 17.8 Å². The maximum atomic E-state index is 12.9. The van der Waals surface area contributed by atoms with Gasteiger partial charge >= 0.3 is 0 Å². The van der Waals surface area contributed by atoms with Crippen LogP contribution in [-0.2, 0) is 4.79 Å². The van der Waals surface area contributed by atoms with Crippen LogP contribution >= 0.6 is 0 Å². The normalized spacial score (nSPS) is 20.9. The molecular formula is C14H27N3O2. The smallest absolute Gasteiger partial charge is 0.236 e. The summed E-state index contributed by atoms with van der Waals surface area (Å²) in [5.74, 6) is 0.108. The molecule has 1 fully saturated rings. The van der Waals surface area contributed by atoms with Crippen molar-refractivity contribution in [1.82, 2.24) is 4.90 Å². The minimum absolute atomic E-state index is 0.0384. The minimum Gasteiger partial charge on any atom is -0.409 e. The number of oxime groups is 1. The molecule has 1 heterocycles. The summed E-state index contributed by atoms with van der Waals surface area (Å²) in [5, 5.41) is 12.2. The fraction of sp³-hybridized carbons (Fsp3) is 0.857. The summed E-state index contributed by atoms with van der Waals surface area (Å²) >= 11 is 0. The molecule has 19 heavy (non-hydrogen) atoms. The average molecular weight is 269 g/mol. The Morgan fingerprint density at radius 3 is 2.37 bits per heavy atom. The summed E-state index contributed by atoms with van der Waals surface area (Å²) < 4.78 is 0. The molecule has 0 aromatic heterocycles. The highest BCUT2D eigenvalue weighted by atomic mass is 16.4. The summed E-state index contributed by atoms with van der Waals surface area (Å²) in [7, 11) is 0. The van der Waals surface area contributed by atoms with Crippen molar-refractivity contribution in [2.24, 2.45) is 16.3 Å². The number of rotatable bonds is 6. The van der Waals surface area contributed by atoms with Crippen molar-refractivity contribution in [3.63, 3.8) is 0 Å². The summed E-state index contributed by atoms with van der Waals surface area (Å²) in [4.78, 5) is 14.8. The van der Waals surface area contributed by atoms with Crippen LogP contribution in [0, 0.1) is 5.41 Å². The van der Waals surface area contributed by atoms with E-state index in [4.69, 9.17) is 10.9 Å². The van der Waals surface area contributed by atoms with Crippen molar-refractivity contribution in [2.45, 2.75) is 65.3 Å². The van der Waals surface area contributed by atoms with Gasteiger partial charge in [-0.05, 0) is 32.6 Å². The van der Waals surface area contributed by atoms with Crippen LogP contribution < -0.4 is 5.73 Å². The van der Waals surface area contributed by atoms with Gasteiger partial charge in [0.1, 0.15) is 5.41 Å². The zero-order valence-corrected chi connectivity index (χ0v) is 12.4. The highest BCUT2D eigenvalue weighted by molar-refractivity contribution is 6.06. The molecule has 1 saturated heterocycles. The molecule has 0 aromatic carbocycles. The maximum Gasteiger partial charge on any atom is 0.236 e. The molecule has 0 aliphatic carbocycles. The lowest BCUT2D eigenvalue weighted by Gasteiger charge is -2.36. The fourth-order valence-electron chi connectivity index (χ4n) is 3.16. The Morgan fingerprint density at radius 2 is 2.00 bits per heavy atom. The quantitative estimate of drug-likeness (QED) is 0.336. The van der Waals surface area contributed by atoms with E-state index in [1.54, 1.807) is 0 Å². The van der Waals surface area contributed by atoms with Gasteiger partial charge in [0.25, 0.3) is 0 Å². The molecule has 0 saturated carbocycles. The van der Waals surface area contributed by atoms with Crippen molar-refractivity contribution in [3.05, 3.63) is 0 Å². The third-order valence-electron chi connectivity index (χ3n) is 4.17. The molecule has 5 nitrogen and oxygen atoms in total. The second kappa shape index (κ2) is 6.78. The van der Waals surface area contributed by atoms with E-state index in [0.717, 1.165) is 32.2 Å². The second-order valence-electron chi connectivity index (χ2n) is 5.56. The van der Waals surface area contributed by atoms with Crippen LogP contribution in [0.2, 0.25) is 0 Å². The number of amides is 1. The fourth-order valence-corrected chi connectivity index (χ4v) is 3.16. The van der Waals surface area contributed by atoms with Gasteiger partial charge in [0, 0.05) is 12.6 Å². The molecule has 1 aliphatic heterocycles. The van der Waals surface area contributed by atoms with Crippen molar-refractivity contribution in [3.8, 4) is 0 Å². The summed E-state index contributed by atoms with van der Waals surface area (Å²) in [5.41, 5.74) is 5.07. The molecule has 1 amide bonds. The van der Waals surface area contributed by atoms with Gasteiger partial charge in [-0.3, -0.25) is 4.79 Å². The lowest BCUT2D eigenvalue weighted by Crippen LogP contribution is -2.52. The Bertz CT molecular complexity index is 336. The van der Waals surface area contributed by atoms with Crippen LogP contribution in [0.15, 0.2) is 5.16 Å². The highest BCUT2D eigenvalue weighted by Crippen LogP contribution is 2.35. The predicted molar refractivity (Wildman–Crippen MR) is 76.1 cm³/mol. The molecule has 0 bridgehead atoms. The molecule has 1 unspecified atom stereocenters. The Balaban J connectivity index is 3.09. The van der Waals surface area contributed by atoms with Gasteiger partial charge < -0.3 is 15.8 Å². The van der Waals surface area contributed by atoms with E-state index in [9.17, 15) is 4.79 Å². The first-order valence-electron chi connectivity index (χ1n) is 7.32. The van der Waals surface area contributed by atoms with E-state index in [0.29, 0.717) is 12.8 Å². The molecular weight excluding hydrogens is 242 g/mol. The molecule has 1 rings (SSSR count). The van der Waals surface area contributed by atoms with E-state index < -0.39 is 5.41 Å². The van der Waals surface area contributed by atoms with Crippen LogP contribution in [0.1, 0.15) is 59.3 Å². The number of nitrogens with zero attached hydrogens (tertiary/aromatic N) is 2. The predicted octanol–water partition coefficient (Wildman–Crippen LogP) is 2.33. The first kappa shape index (κ1) is 15.8. The minimum atomic E-state index is -0.823. The molecule has 0 spiro atoms. The van der Waals surface area contributed by atoms with Crippen LogP contribution in [0.3, 0.4) is 0 Å². The number of hydrogen-bond acceptors (Lipinski definition) is 3. The lowest BCUT2D eigenvalue weighted by atomic mass is 9.76. The lowest BCUT2D eigenvalue weighted by molar-refractivity contribution is -0.139. The Labute approximate surface area is 115 Å². The third kappa shape index (κ3) is 3.01. The first-order valence-corrected chi connectivity index (χ1v) is 7.32. The number of likely N-dealkylation sites (tertiary alicyclic amines) is 1. The van der Waals surface area contributed by atoms with Crippen molar-refractivity contribution in [2.75, 3.05) is 6.54 Å². The van der Waals surface area contributed by atoms with Gasteiger partial charge in [-0.2, -0.15) is 0 Å². The van der Waals surface area contributed by atoms with Crippen molar-refractivity contribution >= 4 is 11.7 Å². The maximum absolute atomic E-state index is 12.9. The summed E-state index contributed by atoms with van der Waals surface area (Å²) in [6.07, 6.45) is 5.03. The SMILES string of the molecule is CCCC(CCC)(C(=O)N1CCCC1C)C(N)=NO. The standard InChI is InChI=1S/C14H27N3O2/c1-4-8-14(9-5-2,12(15)16-19)13(18)17-10-6-7-11(17)3/h11,19H,4-10H2,1-3H3,(H2,15,16). The Hall–Kier alpha value is -1.26. The van der Waals surface area contributed by atoms with Crippen molar-refractivity contribution < 1.29 is 10.0 Å². The van der Waals surface area contributed by atoms with Gasteiger partial charge in [0.15, 0.2) is 5.84 Å². The molecule has 1 atom stereocenters. The van der Waals surface area contributed by atoms with Crippen molar-refractivity contribution in [1.29, 1.82) is 0 Å². The zero-order valence-electron chi connectivity index (χ0n) is 12.4. The number of amidine groups is 1. The topological polar surface area (TPSA) is 78.9 Å². The monoisotopic (exact) mass is 269 g/mol. The number of carbonyl (C=O) groups excluding carboxylic acids is 1. The molecule has 0 radical (unpaired) electrons. The Kier molecular flexibility index (Phi) is 5.63. The average Bonchev–Trinajstić information content (AvgIpc) is 2.82. The van der Waals surface area contributed by atoms with E-state index in [2.05, 4.69) is 12.1 Å². The summed E-state index contributed by atoms with van der Waals surface area (Å²) in [6.45, 7) is 6.90. The second-order valence-corrected chi connectivity index (χ2v) is 5.56. The van der Waals surface area contributed by atoms with Crippen LogP contribution in [-0.4, -0.2) is 34.4 Å². The van der Waals surface area contributed by atoms with Gasteiger partial charge in [-0.1, -0.05) is 31.8 Å². The summed E-state index contributed by atoms with van der Waals surface area (Å²) in [6, 6.07) is 0.257. The highest BCUT2D eigenvalue weighted by Gasteiger charge is 2.45. The number of carbonyl (C=O) groups is 1. The molecule has 1 aliphatic rings. The van der Waals surface area contributed by atoms with Crippen LogP contribution in [0.25, 0.3) is 0 Å². The van der Waals surface area contributed by atoms with Gasteiger partial charge in [0.05, 0.1) is 0 Å². The first-order chi connectivity index (χ1) is 9.03. The van der Waals surface area contributed by atoms with Crippen LogP contribution in [0.4, 0.5) is 0 Å². The largest absolute Gasteiger partial charge is 0.409 e. The molecule has 3 N–H and O–H groups in total. The van der Waals surface area contributed by atoms with Crippen LogP contribution in [0.5, 0.6) is 0 Å². The number of nitrogens with two attached hydrogens (primary N) is 1. The molecule has 5 heteroatoms.